The standard InChI is InChI=1S/C24H15F3N4O3S/c1-12-7-9-14(10-8-12)31-19(23(33)34-30-31)20(32)21-18(28)17-15(24(25,26)27)11-16(29-22(17)35-21)13-5-3-2-4-6-13/h2-11H,1H3,(H2-,28,30,32,33). The van der Waals surface area contributed by atoms with E-state index in [1.807, 2.05) is 6.92 Å². The van der Waals surface area contributed by atoms with Crippen molar-refractivity contribution in [3.8, 4) is 22.9 Å². The monoisotopic (exact) mass is 496 g/mol. The first kappa shape index (κ1) is 22.5. The number of hydrogen-bond donors (Lipinski definition) is 1. The molecule has 0 spiro atoms. The average molecular weight is 496 g/mol. The Morgan fingerprint density at radius 2 is 1.80 bits per heavy atom. The van der Waals surface area contributed by atoms with Crippen molar-refractivity contribution in [3.63, 3.8) is 0 Å². The molecule has 0 saturated heterocycles. The lowest BCUT2D eigenvalue weighted by Gasteiger charge is -2.11. The molecule has 35 heavy (non-hydrogen) atoms. The van der Waals surface area contributed by atoms with Gasteiger partial charge in [-0.1, -0.05) is 48.0 Å². The summed E-state index contributed by atoms with van der Waals surface area (Å²) in [6, 6.07) is 16.0. The van der Waals surface area contributed by atoms with E-state index in [0.717, 1.165) is 16.3 Å². The average Bonchev–Trinajstić information content (AvgIpc) is 3.38. The molecule has 2 N–H and O–H groups in total. The lowest BCUT2D eigenvalue weighted by molar-refractivity contribution is -0.672. The molecule has 0 amide bonds. The van der Waals surface area contributed by atoms with Crippen LogP contribution in [0.5, 0.6) is 5.95 Å². The maximum Gasteiger partial charge on any atom is 0.417 e. The number of carbonyl (C=O) groups excluding carboxylic acids is 1. The molecule has 7 nitrogen and oxygen atoms in total. The summed E-state index contributed by atoms with van der Waals surface area (Å²) >= 11 is 0.677. The van der Waals surface area contributed by atoms with Crippen LogP contribution in [0.15, 0.2) is 65.2 Å². The first-order chi connectivity index (χ1) is 16.6. The summed E-state index contributed by atoms with van der Waals surface area (Å²) in [7, 11) is 0. The Kier molecular flexibility index (Phi) is 5.28. The lowest BCUT2D eigenvalue weighted by atomic mass is 10.0. The van der Waals surface area contributed by atoms with Crippen LogP contribution in [-0.2, 0) is 6.18 Å². The van der Waals surface area contributed by atoms with Gasteiger partial charge in [0, 0.05) is 23.1 Å². The van der Waals surface area contributed by atoms with Gasteiger partial charge in [0.2, 0.25) is 5.69 Å². The van der Waals surface area contributed by atoms with Crippen molar-refractivity contribution in [2.24, 2.45) is 0 Å². The number of aromatic nitrogens is 3. The van der Waals surface area contributed by atoms with Gasteiger partial charge in [0.05, 0.1) is 22.2 Å². The fraction of sp³-hybridized carbons (Fsp3) is 0.0833. The van der Waals surface area contributed by atoms with Crippen LogP contribution in [0.2, 0.25) is 0 Å². The van der Waals surface area contributed by atoms with E-state index in [1.165, 1.54) is 0 Å². The topological polar surface area (TPSA) is 109 Å². The highest BCUT2D eigenvalue weighted by atomic mass is 32.1. The van der Waals surface area contributed by atoms with Crippen molar-refractivity contribution in [2.45, 2.75) is 13.1 Å². The molecule has 0 aliphatic rings. The molecule has 2 aromatic carbocycles. The molecule has 5 rings (SSSR count). The molecule has 3 heterocycles. The van der Waals surface area contributed by atoms with Crippen LogP contribution in [-0.4, -0.2) is 16.0 Å². The molecular formula is C24H15F3N4O3S. The van der Waals surface area contributed by atoms with Crippen LogP contribution < -0.4 is 15.5 Å². The van der Waals surface area contributed by atoms with E-state index in [4.69, 9.17) is 10.3 Å². The number of halogens is 3. The van der Waals surface area contributed by atoms with Crippen LogP contribution >= 0.6 is 11.3 Å². The second kappa shape index (κ2) is 8.20. The van der Waals surface area contributed by atoms with Gasteiger partial charge >= 0.3 is 11.9 Å². The fourth-order valence-corrected chi connectivity index (χ4v) is 4.74. The minimum atomic E-state index is -4.76. The zero-order valence-electron chi connectivity index (χ0n) is 18.0. The van der Waals surface area contributed by atoms with Crippen molar-refractivity contribution in [2.75, 3.05) is 5.73 Å². The summed E-state index contributed by atoms with van der Waals surface area (Å²) in [5.74, 6) is -1.95. The number of ketones is 1. The minimum absolute atomic E-state index is 0.0784. The number of nitrogens with two attached hydrogens (primary N) is 1. The van der Waals surface area contributed by atoms with Gasteiger partial charge in [0.1, 0.15) is 9.71 Å². The number of carbonyl (C=O) groups is 1. The number of anilines is 1. The van der Waals surface area contributed by atoms with Crippen molar-refractivity contribution in [3.05, 3.63) is 82.4 Å². The van der Waals surface area contributed by atoms with Crippen molar-refractivity contribution in [1.82, 2.24) is 10.3 Å². The Hall–Kier alpha value is -4.25. The Balaban J connectivity index is 1.70. The Bertz CT molecular complexity index is 1580. The predicted octanol–water partition coefficient (Wildman–Crippen LogP) is 4.44. The first-order valence-corrected chi connectivity index (χ1v) is 11.0. The van der Waals surface area contributed by atoms with E-state index in [2.05, 4.69) is 10.3 Å². The van der Waals surface area contributed by atoms with Crippen LogP contribution in [0, 0.1) is 6.92 Å². The normalized spacial score (nSPS) is 11.8. The fourth-order valence-electron chi connectivity index (χ4n) is 3.68. The quantitative estimate of drug-likeness (QED) is 0.291. The summed E-state index contributed by atoms with van der Waals surface area (Å²) in [4.78, 5) is 17.4. The van der Waals surface area contributed by atoms with Crippen LogP contribution in [0.25, 0.3) is 27.2 Å². The third-order valence-electron chi connectivity index (χ3n) is 5.38. The maximum atomic E-state index is 14.0. The van der Waals surface area contributed by atoms with E-state index < -0.39 is 40.2 Å². The number of fused-ring (bicyclic) bond motifs is 1. The van der Waals surface area contributed by atoms with E-state index >= 15 is 0 Å². The molecule has 0 saturated carbocycles. The molecule has 176 valence electrons. The lowest BCUT2D eigenvalue weighted by Crippen LogP contribution is -2.39. The van der Waals surface area contributed by atoms with Crippen LogP contribution in [0.1, 0.15) is 26.5 Å². The maximum absolute atomic E-state index is 14.0. The zero-order chi connectivity index (χ0) is 24.9. The molecule has 0 aliphatic heterocycles. The number of nitrogens with zero attached hydrogens (tertiary/aromatic N) is 3. The third-order valence-corrected chi connectivity index (χ3v) is 6.48. The molecule has 0 aliphatic carbocycles. The van der Waals surface area contributed by atoms with Gasteiger partial charge in [0.25, 0.3) is 5.78 Å². The second-order valence-corrected chi connectivity index (χ2v) is 8.73. The number of rotatable bonds is 4. The molecule has 0 bridgehead atoms. The summed E-state index contributed by atoms with van der Waals surface area (Å²) in [5, 5.41) is 15.6. The van der Waals surface area contributed by atoms with E-state index in [-0.39, 0.29) is 15.4 Å². The molecule has 0 unspecified atom stereocenters. The molecule has 11 heteroatoms. The number of thiophene rings is 1. The van der Waals surface area contributed by atoms with Crippen molar-refractivity contribution >= 4 is 33.0 Å². The second-order valence-electron chi connectivity index (χ2n) is 7.73. The number of alkyl halides is 3. The Labute approximate surface area is 199 Å². The predicted molar refractivity (Wildman–Crippen MR) is 120 cm³/mol. The molecule has 0 radical (unpaired) electrons. The SMILES string of the molecule is Cc1ccc(-[n+]2noc([O-])c2C(=O)c2sc3nc(-c4ccccc4)cc(C(F)(F)F)c3c2N)cc1. The van der Waals surface area contributed by atoms with Crippen LogP contribution in [0.3, 0.4) is 0 Å². The smallest absolute Gasteiger partial charge is 0.417 e. The molecular weight excluding hydrogens is 481 g/mol. The van der Waals surface area contributed by atoms with Gasteiger partial charge in [-0.05, 0) is 17.7 Å². The van der Waals surface area contributed by atoms with Crippen molar-refractivity contribution < 1.29 is 32.3 Å². The summed E-state index contributed by atoms with van der Waals surface area (Å²) in [6.45, 7) is 1.86. The zero-order valence-corrected chi connectivity index (χ0v) is 18.8. The van der Waals surface area contributed by atoms with Gasteiger partial charge < -0.3 is 15.4 Å². The number of pyridine rings is 1. The van der Waals surface area contributed by atoms with Gasteiger partial charge in [-0.15, -0.1) is 11.3 Å². The molecule has 0 fully saturated rings. The summed E-state index contributed by atoms with van der Waals surface area (Å²) in [5.41, 5.74) is 6.01. The minimum Gasteiger partial charge on any atom is -0.539 e. The first-order valence-electron chi connectivity index (χ1n) is 10.2. The van der Waals surface area contributed by atoms with E-state index in [9.17, 15) is 23.1 Å². The van der Waals surface area contributed by atoms with Gasteiger partial charge in [-0.25, -0.2) is 4.98 Å². The third kappa shape index (κ3) is 3.89. The Morgan fingerprint density at radius 1 is 1.11 bits per heavy atom. The summed E-state index contributed by atoms with van der Waals surface area (Å²) < 4.78 is 47.7. The Morgan fingerprint density at radius 3 is 2.46 bits per heavy atom. The highest BCUT2D eigenvalue weighted by molar-refractivity contribution is 7.21. The highest BCUT2D eigenvalue weighted by Crippen LogP contribution is 2.44. The number of aryl methyl sites for hydroxylation is 1. The highest BCUT2D eigenvalue weighted by Gasteiger charge is 2.38. The van der Waals surface area contributed by atoms with Gasteiger partial charge in [-0.2, -0.15) is 13.2 Å². The van der Waals surface area contributed by atoms with Crippen molar-refractivity contribution in [1.29, 1.82) is 0 Å². The largest absolute Gasteiger partial charge is 0.539 e. The molecule has 5 aromatic rings. The molecule has 3 aromatic heterocycles. The van der Waals surface area contributed by atoms with Gasteiger partial charge in [0.15, 0.2) is 5.95 Å². The number of hydrogen-bond acceptors (Lipinski definition) is 7. The van der Waals surface area contributed by atoms with Crippen LogP contribution in [0.4, 0.5) is 18.9 Å². The number of nitrogen functional groups attached to an aromatic ring is 1. The van der Waals surface area contributed by atoms with Gasteiger partial charge in [-0.3, -0.25) is 4.79 Å². The van der Waals surface area contributed by atoms with E-state index in [1.54, 1.807) is 54.6 Å². The number of benzene rings is 2. The molecule has 0 atom stereocenters. The van der Waals surface area contributed by atoms with E-state index in [0.29, 0.717) is 22.6 Å². The summed E-state index contributed by atoms with van der Waals surface area (Å²) in [6.07, 6.45) is -4.76.